The summed E-state index contributed by atoms with van der Waals surface area (Å²) in [6.45, 7) is 0.417. The Balaban J connectivity index is 2.52. The normalized spacial score (nSPS) is 17.5. The molecule has 1 aliphatic rings. The van der Waals surface area contributed by atoms with Gasteiger partial charge in [0.25, 0.3) is 0 Å². The van der Waals surface area contributed by atoms with Gasteiger partial charge in [0.15, 0.2) is 5.96 Å². The molecule has 0 spiro atoms. The molecule has 0 aromatic rings. The Kier molecular flexibility index (Phi) is 11.7. The summed E-state index contributed by atoms with van der Waals surface area (Å²) < 4.78 is 0. The standard InChI is InChI=1S/C18H33N7O5S/c1-31-9-6-12(17(29)30)24-16(28)13-5-3-8-25(13)14(26)10-23-15(27)11(19)4-2-7-22-18(20)21/h11-13H,2-10,19H2,1H3,(H,23,27)(H,24,28)(H,29,30)(H4,20,21,22)/t11-,12-,13-/m0/s1. The van der Waals surface area contributed by atoms with E-state index in [9.17, 15) is 24.3 Å². The molecule has 1 rings (SSSR count). The molecule has 0 aromatic heterocycles. The molecular weight excluding hydrogens is 426 g/mol. The van der Waals surface area contributed by atoms with Crippen LogP contribution >= 0.6 is 11.8 Å². The Hall–Kier alpha value is -2.54. The molecule has 0 radical (unpaired) electrons. The maximum atomic E-state index is 12.6. The van der Waals surface area contributed by atoms with Gasteiger partial charge in [-0.15, -0.1) is 0 Å². The minimum atomic E-state index is -1.11. The minimum absolute atomic E-state index is 0.0354. The number of carboxylic acid groups (broad SMARTS) is 1. The summed E-state index contributed by atoms with van der Waals surface area (Å²) in [6, 6.07) is -2.57. The summed E-state index contributed by atoms with van der Waals surface area (Å²) in [5.74, 6) is -1.97. The number of nitrogens with one attached hydrogen (secondary N) is 2. The summed E-state index contributed by atoms with van der Waals surface area (Å²) in [5, 5.41) is 14.3. The van der Waals surface area contributed by atoms with Gasteiger partial charge in [-0.05, 0) is 44.1 Å². The van der Waals surface area contributed by atoms with Crippen molar-refractivity contribution in [3.05, 3.63) is 0 Å². The van der Waals surface area contributed by atoms with Crippen molar-refractivity contribution in [2.75, 3.05) is 31.6 Å². The van der Waals surface area contributed by atoms with E-state index in [1.807, 2.05) is 6.26 Å². The van der Waals surface area contributed by atoms with Gasteiger partial charge in [0.05, 0.1) is 12.6 Å². The predicted octanol–water partition coefficient (Wildman–Crippen LogP) is -2.20. The van der Waals surface area contributed by atoms with Crippen molar-refractivity contribution in [1.29, 1.82) is 0 Å². The summed E-state index contributed by atoms with van der Waals surface area (Å²) in [7, 11) is 0. The summed E-state index contributed by atoms with van der Waals surface area (Å²) in [5.41, 5.74) is 16.2. The number of thioether (sulfide) groups is 1. The van der Waals surface area contributed by atoms with Crippen LogP contribution < -0.4 is 27.8 Å². The molecule has 31 heavy (non-hydrogen) atoms. The number of rotatable bonds is 13. The van der Waals surface area contributed by atoms with Crippen LogP contribution in [0.4, 0.5) is 0 Å². The second-order valence-electron chi connectivity index (χ2n) is 7.20. The van der Waals surface area contributed by atoms with E-state index in [0.29, 0.717) is 50.9 Å². The summed E-state index contributed by atoms with van der Waals surface area (Å²) in [4.78, 5) is 53.7. The number of likely N-dealkylation sites (tertiary alicyclic amines) is 1. The molecular formula is C18H33N7O5S. The van der Waals surface area contributed by atoms with E-state index >= 15 is 0 Å². The van der Waals surface area contributed by atoms with Crippen LogP contribution in [0.15, 0.2) is 4.99 Å². The number of carbonyl (C=O) groups excluding carboxylic acids is 3. The fourth-order valence-electron chi connectivity index (χ4n) is 3.14. The molecule has 3 amide bonds. The number of hydrogen-bond acceptors (Lipinski definition) is 7. The highest BCUT2D eigenvalue weighted by molar-refractivity contribution is 7.98. The van der Waals surface area contributed by atoms with Crippen LogP contribution in [0, 0.1) is 0 Å². The molecule has 12 nitrogen and oxygen atoms in total. The Bertz CT molecular complexity index is 672. The van der Waals surface area contributed by atoms with Gasteiger partial charge in [-0.2, -0.15) is 11.8 Å². The number of guanidine groups is 1. The van der Waals surface area contributed by atoms with Crippen LogP contribution in [0.25, 0.3) is 0 Å². The lowest BCUT2D eigenvalue weighted by Crippen LogP contribution is -2.53. The Morgan fingerprint density at radius 2 is 1.97 bits per heavy atom. The number of nitrogens with zero attached hydrogens (tertiary/aromatic N) is 2. The maximum Gasteiger partial charge on any atom is 0.326 e. The average Bonchev–Trinajstić information content (AvgIpc) is 3.21. The summed E-state index contributed by atoms with van der Waals surface area (Å²) >= 11 is 1.48. The molecule has 0 aliphatic carbocycles. The average molecular weight is 460 g/mol. The molecule has 0 aromatic carbocycles. The maximum absolute atomic E-state index is 12.6. The highest BCUT2D eigenvalue weighted by Gasteiger charge is 2.35. The largest absolute Gasteiger partial charge is 0.480 e. The third-order valence-electron chi connectivity index (χ3n) is 4.82. The molecule has 9 N–H and O–H groups in total. The highest BCUT2D eigenvalue weighted by Crippen LogP contribution is 2.18. The first kappa shape index (κ1) is 26.5. The van der Waals surface area contributed by atoms with Crippen LogP contribution in [0.3, 0.4) is 0 Å². The minimum Gasteiger partial charge on any atom is -0.480 e. The van der Waals surface area contributed by atoms with Gasteiger partial charge in [-0.25, -0.2) is 4.79 Å². The molecule has 0 unspecified atom stereocenters. The number of hydrogen-bond donors (Lipinski definition) is 6. The fourth-order valence-corrected chi connectivity index (χ4v) is 3.62. The quantitative estimate of drug-likeness (QED) is 0.100. The Morgan fingerprint density at radius 1 is 1.26 bits per heavy atom. The van der Waals surface area contributed by atoms with Gasteiger partial charge in [0, 0.05) is 13.1 Å². The van der Waals surface area contributed by atoms with E-state index in [1.165, 1.54) is 16.7 Å². The number of carboxylic acids is 1. The van der Waals surface area contributed by atoms with E-state index in [-0.39, 0.29) is 12.5 Å². The van der Waals surface area contributed by atoms with Crippen molar-refractivity contribution in [2.24, 2.45) is 22.2 Å². The van der Waals surface area contributed by atoms with E-state index in [1.54, 1.807) is 0 Å². The van der Waals surface area contributed by atoms with Gasteiger partial charge in [-0.3, -0.25) is 19.4 Å². The second kappa shape index (κ2) is 13.7. The van der Waals surface area contributed by atoms with Crippen LogP contribution in [0.2, 0.25) is 0 Å². The molecule has 0 saturated carbocycles. The lowest BCUT2D eigenvalue weighted by molar-refractivity contribution is -0.144. The third kappa shape index (κ3) is 9.42. The number of carbonyl (C=O) groups is 4. The SMILES string of the molecule is CSCC[C@H](NC(=O)[C@@H]1CCCN1C(=O)CNC(=O)[C@@H](N)CCCN=C(N)N)C(=O)O. The van der Waals surface area contributed by atoms with Crippen molar-refractivity contribution in [2.45, 2.75) is 50.2 Å². The van der Waals surface area contributed by atoms with Crippen molar-refractivity contribution in [3.8, 4) is 0 Å². The zero-order valence-electron chi connectivity index (χ0n) is 17.7. The smallest absolute Gasteiger partial charge is 0.326 e. The monoisotopic (exact) mass is 459 g/mol. The van der Waals surface area contributed by atoms with Gasteiger partial charge in [-0.1, -0.05) is 0 Å². The number of aliphatic carboxylic acids is 1. The first-order valence-electron chi connectivity index (χ1n) is 10.1. The Labute approximate surface area is 185 Å². The lowest BCUT2D eigenvalue weighted by Gasteiger charge is -2.26. The van der Waals surface area contributed by atoms with Crippen molar-refractivity contribution in [3.63, 3.8) is 0 Å². The molecule has 1 fully saturated rings. The van der Waals surface area contributed by atoms with Crippen LogP contribution in [-0.4, -0.2) is 89.4 Å². The molecule has 176 valence electrons. The first-order chi connectivity index (χ1) is 14.7. The fraction of sp³-hybridized carbons (Fsp3) is 0.722. The van der Waals surface area contributed by atoms with E-state index < -0.39 is 41.8 Å². The number of aliphatic imine (C=N–C) groups is 1. The molecule has 1 aliphatic heterocycles. The number of amides is 3. The molecule has 1 heterocycles. The summed E-state index contributed by atoms with van der Waals surface area (Å²) in [6.07, 6.45) is 4.05. The van der Waals surface area contributed by atoms with Crippen LogP contribution in [0.5, 0.6) is 0 Å². The van der Waals surface area contributed by atoms with Crippen LogP contribution in [0.1, 0.15) is 32.1 Å². The number of nitrogens with two attached hydrogens (primary N) is 3. The lowest BCUT2D eigenvalue weighted by atomic mass is 10.1. The van der Waals surface area contributed by atoms with Crippen LogP contribution in [-0.2, 0) is 19.2 Å². The predicted molar refractivity (Wildman–Crippen MR) is 118 cm³/mol. The van der Waals surface area contributed by atoms with Gasteiger partial charge in [0.2, 0.25) is 17.7 Å². The van der Waals surface area contributed by atoms with E-state index in [0.717, 1.165) is 0 Å². The van der Waals surface area contributed by atoms with Crippen molar-refractivity contribution in [1.82, 2.24) is 15.5 Å². The van der Waals surface area contributed by atoms with Crippen molar-refractivity contribution < 1.29 is 24.3 Å². The topological polar surface area (TPSA) is 206 Å². The van der Waals surface area contributed by atoms with E-state index in [2.05, 4.69) is 15.6 Å². The zero-order valence-corrected chi connectivity index (χ0v) is 18.5. The van der Waals surface area contributed by atoms with Gasteiger partial charge in [0.1, 0.15) is 12.1 Å². The molecule has 3 atom stereocenters. The first-order valence-corrected chi connectivity index (χ1v) is 11.5. The van der Waals surface area contributed by atoms with E-state index in [4.69, 9.17) is 17.2 Å². The van der Waals surface area contributed by atoms with Gasteiger partial charge < -0.3 is 37.8 Å². The molecule has 13 heteroatoms. The third-order valence-corrected chi connectivity index (χ3v) is 5.46. The van der Waals surface area contributed by atoms with Crippen molar-refractivity contribution >= 4 is 41.4 Å². The molecule has 1 saturated heterocycles. The Morgan fingerprint density at radius 3 is 2.58 bits per heavy atom. The van der Waals surface area contributed by atoms with Gasteiger partial charge >= 0.3 is 5.97 Å². The second-order valence-corrected chi connectivity index (χ2v) is 8.18. The highest BCUT2D eigenvalue weighted by atomic mass is 32.2. The zero-order chi connectivity index (χ0) is 23.4. The molecule has 0 bridgehead atoms.